The Labute approximate surface area is 187 Å². The third-order valence-electron chi connectivity index (χ3n) is 4.05. The number of sulfonamides is 1. The number of ether oxygens (including phenoxy) is 3. The number of anilines is 2. The Morgan fingerprint density at radius 2 is 2.00 bits per heavy atom. The number of nitrogens with zero attached hydrogens (tertiary/aromatic N) is 3. The molecule has 31 heavy (non-hydrogen) atoms. The van der Waals surface area contributed by atoms with Gasteiger partial charge in [-0.2, -0.15) is 0 Å². The first kappa shape index (κ1) is 23.1. The maximum atomic E-state index is 12.8. The highest BCUT2D eigenvalue weighted by Crippen LogP contribution is 2.35. The van der Waals surface area contributed by atoms with E-state index in [1.54, 1.807) is 12.1 Å². The van der Waals surface area contributed by atoms with Gasteiger partial charge in [0, 0.05) is 6.07 Å². The summed E-state index contributed by atoms with van der Waals surface area (Å²) in [5.74, 6) is -0.0435. The van der Waals surface area contributed by atoms with E-state index < -0.39 is 27.9 Å². The molecule has 1 atom stereocenters. The molecule has 0 saturated heterocycles. The van der Waals surface area contributed by atoms with Gasteiger partial charge in [0.25, 0.3) is 0 Å². The molecule has 0 radical (unpaired) electrons. The van der Waals surface area contributed by atoms with Gasteiger partial charge in [0.15, 0.2) is 15.8 Å². The van der Waals surface area contributed by atoms with Crippen LogP contribution in [0.5, 0.6) is 11.5 Å². The minimum Gasteiger partial charge on any atom is -0.486 e. The summed E-state index contributed by atoms with van der Waals surface area (Å²) >= 11 is 2.18. The van der Waals surface area contributed by atoms with Crippen LogP contribution in [-0.4, -0.2) is 68.9 Å². The highest BCUT2D eigenvalue weighted by molar-refractivity contribution is 8.01. The van der Waals surface area contributed by atoms with E-state index in [1.807, 2.05) is 0 Å². The van der Waals surface area contributed by atoms with Crippen LogP contribution >= 0.6 is 23.1 Å². The molecule has 0 aliphatic carbocycles. The van der Waals surface area contributed by atoms with E-state index in [0.717, 1.165) is 33.7 Å². The smallest absolute Gasteiger partial charge is 0.316 e. The third-order valence-corrected chi connectivity index (χ3v) is 7.23. The highest BCUT2D eigenvalue weighted by Gasteiger charge is 2.31. The van der Waals surface area contributed by atoms with Gasteiger partial charge in [0.1, 0.15) is 19.3 Å². The largest absolute Gasteiger partial charge is 0.486 e. The number of thioether (sulfide) groups is 1. The van der Waals surface area contributed by atoms with Gasteiger partial charge in [-0.1, -0.05) is 23.1 Å². The van der Waals surface area contributed by atoms with E-state index >= 15 is 0 Å². The van der Waals surface area contributed by atoms with Crippen LogP contribution in [0.1, 0.15) is 6.92 Å². The summed E-state index contributed by atoms with van der Waals surface area (Å²) in [5, 5.41) is 10.5. The van der Waals surface area contributed by atoms with Gasteiger partial charge < -0.3 is 14.2 Å². The molecule has 1 aromatic heterocycles. The molecule has 1 aliphatic heterocycles. The second kappa shape index (κ2) is 9.70. The van der Waals surface area contributed by atoms with Crippen molar-refractivity contribution in [2.75, 3.05) is 42.0 Å². The van der Waals surface area contributed by atoms with E-state index in [4.69, 9.17) is 9.47 Å². The van der Waals surface area contributed by atoms with E-state index in [0.29, 0.717) is 29.1 Å². The van der Waals surface area contributed by atoms with Gasteiger partial charge in [0.05, 0.1) is 24.8 Å². The predicted octanol–water partition coefficient (Wildman–Crippen LogP) is 1.37. The number of hydrogen-bond donors (Lipinski definition) is 1. The van der Waals surface area contributed by atoms with Crippen molar-refractivity contribution in [3.63, 3.8) is 0 Å². The quantitative estimate of drug-likeness (QED) is 0.329. The zero-order valence-corrected chi connectivity index (χ0v) is 19.3. The fourth-order valence-electron chi connectivity index (χ4n) is 2.69. The number of methoxy groups -OCH3 is 1. The maximum Gasteiger partial charge on any atom is 0.316 e. The van der Waals surface area contributed by atoms with Crippen molar-refractivity contribution in [3.8, 4) is 11.5 Å². The number of carbonyl (C=O) groups is 2. The lowest BCUT2D eigenvalue weighted by molar-refractivity contribution is -0.137. The van der Waals surface area contributed by atoms with Crippen molar-refractivity contribution < 1.29 is 32.2 Å². The zero-order valence-electron chi connectivity index (χ0n) is 16.9. The number of rotatable bonds is 8. The second-order valence-electron chi connectivity index (χ2n) is 6.29. The molecule has 1 unspecified atom stereocenters. The lowest BCUT2D eigenvalue weighted by atomic mass is 10.2. The first-order chi connectivity index (χ1) is 14.7. The summed E-state index contributed by atoms with van der Waals surface area (Å²) < 4.78 is 41.9. The molecule has 2 heterocycles. The van der Waals surface area contributed by atoms with Gasteiger partial charge >= 0.3 is 5.97 Å². The zero-order chi connectivity index (χ0) is 22.6. The van der Waals surface area contributed by atoms with Crippen LogP contribution in [0, 0.1) is 0 Å². The molecule has 3 rings (SSSR count). The Kier molecular flexibility index (Phi) is 7.23. The molecular weight excluding hydrogens is 468 g/mol. The van der Waals surface area contributed by atoms with Crippen LogP contribution in [-0.2, 0) is 24.3 Å². The SMILES string of the molecule is COC(=O)CSc1nnc(NC(=O)C(C)N(c2ccc3c(c2)OCCO3)S(C)(=O)=O)s1. The number of amides is 1. The van der Waals surface area contributed by atoms with Gasteiger partial charge in [0.2, 0.25) is 21.1 Å². The number of nitrogens with one attached hydrogen (secondary N) is 1. The third kappa shape index (κ3) is 5.77. The topological polar surface area (TPSA) is 137 Å². The lowest BCUT2D eigenvalue weighted by Gasteiger charge is -2.29. The molecule has 14 heteroatoms. The lowest BCUT2D eigenvalue weighted by Crippen LogP contribution is -2.45. The maximum absolute atomic E-state index is 12.8. The van der Waals surface area contributed by atoms with Crippen molar-refractivity contribution in [3.05, 3.63) is 18.2 Å². The van der Waals surface area contributed by atoms with Gasteiger partial charge in [-0.15, -0.1) is 10.2 Å². The molecule has 2 aromatic rings. The molecule has 0 saturated carbocycles. The summed E-state index contributed by atoms with van der Waals surface area (Å²) in [6.07, 6.45) is 1.01. The van der Waals surface area contributed by atoms with Crippen LogP contribution in [0.3, 0.4) is 0 Å². The van der Waals surface area contributed by atoms with Crippen LogP contribution in [0.25, 0.3) is 0 Å². The Bertz CT molecular complexity index is 1070. The number of esters is 1. The molecule has 1 amide bonds. The Morgan fingerprint density at radius 3 is 2.68 bits per heavy atom. The molecule has 0 bridgehead atoms. The average Bonchev–Trinajstić information content (AvgIpc) is 3.18. The van der Waals surface area contributed by atoms with Gasteiger partial charge in [-0.05, 0) is 19.1 Å². The number of hydrogen-bond acceptors (Lipinski definition) is 11. The highest BCUT2D eigenvalue weighted by atomic mass is 32.2. The number of benzene rings is 1. The summed E-state index contributed by atoms with van der Waals surface area (Å²) in [5.41, 5.74) is 0.265. The van der Waals surface area contributed by atoms with Crippen LogP contribution in [0.15, 0.2) is 22.5 Å². The molecule has 11 nitrogen and oxygen atoms in total. The van der Waals surface area contributed by atoms with Gasteiger partial charge in [-0.25, -0.2) is 8.42 Å². The molecule has 0 fully saturated rings. The number of carbonyl (C=O) groups excluding carboxylic acids is 2. The van der Waals surface area contributed by atoms with E-state index in [-0.39, 0.29) is 16.6 Å². The molecular formula is C17H20N4O7S3. The monoisotopic (exact) mass is 488 g/mol. The fourth-order valence-corrected chi connectivity index (χ4v) is 5.44. The summed E-state index contributed by atoms with van der Waals surface area (Å²) in [6, 6.07) is 3.58. The van der Waals surface area contributed by atoms with Crippen molar-refractivity contribution in [2.24, 2.45) is 0 Å². The average molecular weight is 489 g/mol. The Balaban J connectivity index is 1.75. The fraction of sp³-hybridized carbons (Fsp3) is 0.412. The van der Waals surface area contributed by atoms with Crippen molar-refractivity contribution in [2.45, 2.75) is 17.3 Å². The van der Waals surface area contributed by atoms with Gasteiger partial charge in [-0.3, -0.25) is 19.2 Å². The van der Waals surface area contributed by atoms with Crippen LogP contribution in [0.2, 0.25) is 0 Å². The predicted molar refractivity (Wildman–Crippen MR) is 115 cm³/mol. The van der Waals surface area contributed by atoms with Crippen LogP contribution in [0.4, 0.5) is 10.8 Å². The summed E-state index contributed by atoms with van der Waals surface area (Å²) in [7, 11) is -2.53. The summed E-state index contributed by atoms with van der Waals surface area (Å²) in [6.45, 7) is 2.21. The number of aromatic nitrogens is 2. The van der Waals surface area contributed by atoms with E-state index in [2.05, 4.69) is 20.3 Å². The Hall–Kier alpha value is -2.58. The Morgan fingerprint density at radius 1 is 1.29 bits per heavy atom. The van der Waals surface area contributed by atoms with Crippen molar-refractivity contribution >= 4 is 55.8 Å². The van der Waals surface area contributed by atoms with E-state index in [9.17, 15) is 18.0 Å². The van der Waals surface area contributed by atoms with Crippen molar-refractivity contribution in [1.82, 2.24) is 10.2 Å². The number of fused-ring (bicyclic) bond motifs is 1. The molecule has 0 spiro atoms. The normalized spacial score (nSPS) is 13.9. The molecule has 168 valence electrons. The van der Waals surface area contributed by atoms with E-state index in [1.165, 1.54) is 20.1 Å². The molecule has 1 aromatic carbocycles. The second-order valence-corrected chi connectivity index (χ2v) is 10.3. The molecule has 1 aliphatic rings. The van der Waals surface area contributed by atoms with Crippen molar-refractivity contribution in [1.29, 1.82) is 0 Å². The first-order valence-corrected chi connectivity index (χ1v) is 12.6. The minimum atomic E-state index is -3.81. The summed E-state index contributed by atoms with van der Waals surface area (Å²) in [4.78, 5) is 24.0. The standard InChI is InChI=1S/C17H20N4O7S3/c1-10(15(23)18-16-19-20-17(30-16)29-9-14(22)26-2)21(31(3,24)25)11-4-5-12-13(8-11)28-7-6-27-12/h4-5,8,10H,6-7,9H2,1-3H3,(H,18,19,23). The first-order valence-electron chi connectivity index (χ1n) is 8.92. The molecule has 1 N–H and O–H groups in total. The minimum absolute atomic E-state index is 0.0570. The van der Waals surface area contributed by atoms with Crippen LogP contribution < -0.4 is 19.1 Å².